The van der Waals surface area contributed by atoms with Crippen LogP contribution in [0.4, 0.5) is 8.78 Å². The summed E-state index contributed by atoms with van der Waals surface area (Å²) in [4.78, 5) is 4.12. The molecular weight excluding hydrogens is 495 g/mol. The minimum atomic E-state index is -2.86. The Bertz CT molecular complexity index is 746. The minimum absolute atomic E-state index is 0. The van der Waals surface area contributed by atoms with Gasteiger partial charge in [0.15, 0.2) is 5.96 Å². The fourth-order valence-electron chi connectivity index (χ4n) is 2.40. The number of guanidine groups is 1. The summed E-state index contributed by atoms with van der Waals surface area (Å²) in [6.45, 7) is -1.36. The molecule has 0 saturated heterocycles. The van der Waals surface area contributed by atoms with Gasteiger partial charge in [-0.3, -0.25) is 4.99 Å². The van der Waals surface area contributed by atoms with Crippen molar-refractivity contribution in [3.63, 3.8) is 0 Å². The number of para-hydroxylation sites is 1. The molecule has 0 bridgehead atoms. The van der Waals surface area contributed by atoms with Crippen molar-refractivity contribution in [1.29, 1.82) is 0 Å². The molecule has 2 rings (SSSR count). The highest BCUT2D eigenvalue weighted by atomic mass is 127. The topological polar surface area (TPSA) is 64.1 Å². The lowest BCUT2D eigenvalue weighted by molar-refractivity contribution is -0.0504. The third-order valence-corrected chi connectivity index (χ3v) is 3.80. The number of benzene rings is 2. The summed E-state index contributed by atoms with van der Waals surface area (Å²) < 4.78 is 40.2. The molecule has 0 aliphatic carbocycles. The number of ether oxygens (including phenoxy) is 3. The predicted molar refractivity (Wildman–Crippen MR) is 120 cm³/mol. The molecule has 0 unspecified atom stereocenters. The molecule has 9 heteroatoms. The number of hydrogen-bond acceptors (Lipinski definition) is 4. The fourth-order valence-corrected chi connectivity index (χ4v) is 2.40. The molecule has 160 valence electrons. The average molecular weight is 521 g/mol. The molecule has 2 aromatic rings. The Hall–Kier alpha value is -2.30. The van der Waals surface area contributed by atoms with E-state index in [2.05, 4.69) is 20.4 Å². The van der Waals surface area contributed by atoms with Gasteiger partial charge in [-0.1, -0.05) is 18.2 Å². The number of aliphatic imine (C=N–C) groups is 1. The van der Waals surface area contributed by atoms with Crippen molar-refractivity contribution in [2.45, 2.75) is 19.6 Å². The molecule has 0 atom stereocenters. The van der Waals surface area contributed by atoms with Gasteiger partial charge >= 0.3 is 6.61 Å². The fraction of sp³-hybridized carbons (Fsp3) is 0.350. The average Bonchev–Trinajstić information content (AvgIpc) is 2.71. The quantitative estimate of drug-likeness (QED) is 0.214. The number of nitrogens with one attached hydrogen (secondary N) is 2. The lowest BCUT2D eigenvalue weighted by Crippen LogP contribution is -2.37. The largest absolute Gasteiger partial charge is 0.497 e. The normalized spacial score (nSPS) is 10.9. The standard InChI is InChI=1S/C20H25F2N3O3.HI/c1-23-20(25-14-15-6-3-4-7-18(15)28-19(21)22)24-12-5-13-27-17-10-8-16(26-2)9-11-17;/h3-4,6-11,19H,5,12-14H2,1-2H3,(H2,23,24,25);1H. The Balaban J connectivity index is 0.00000420. The minimum Gasteiger partial charge on any atom is -0.497 e. The van der Waals surface area contributed by atoms with E-state index in [1.807, 2.05) is 24.3 Å². The number of alkyl halides is 2. The molecule has 6 nitrogen and oxygen atoms in total. The van der Waals surface area contributed by atoms with Gasteiger partial charge in [0.1, 0.15) is 17.2 Å². The van der Waals surface area contributed by atoms with Crippen LogP contribution >= 0.6 is 24.0 Å². The van der Waals surface area contributed by atoms with E-state index in [0.29, 0.717) is 31.2 Å². The van der Waals surface area contributed by atoms with Gasteiger partial charge in [0.25, 0.3) is 0 Å². The van der Waals surface area contributed by atoms with Crippen molar-refractivity contribution < 1.29 is 23.0 Å². The Morgan fingerprint density at radius 3 is 2.38 bits per heavy atom. The first-order valence-corrected chi connectivity index (χ1v) is 8.86. The van der Waals surface area contributed by atoms with Crippen LogP contribution in [-0.2, 0) is 6.54 Å². The van der Waals surface area contributed by atoms with Gasteiger partial charge < -0.3 is 24.8 Å². The molecule has 0 spiro atoms. The Kier molecular flexibility index (Phi) is 11.8. The summed E-state index contributed by atoms with van der Waals surface area (Å²) in [5.74, 6) is 2.27. The van der Waals surface area contributed by atoms with Crippen LogP contribution in [0.1, 0.15) is 12.0 Å². The van der Waals surface area contributed by atoms with Gasteiger partial charge in [-0.2, -0.15) is 8.78 Å². The van der Waals surface area contributed by atoms with Crippen LogP contribution in [0.25, 0.3) is 0 Å². The van der Waals surface area contributed by atoms with Crippen molar-refractivity contribution in [3.05, 3.63) is 54.1 Å². The van der Waals surface area contributed by atoms with Gasteiger partial charge in [0.05, 0.1) is 13.7 Å². The zero-order valence-electron chi connectivity index (χ0n) is 16.4. The van der Waals surface area contributed by atoms with Crippen LogP contribution in [0.3, 0.4) is 0 Å². The maximum absolute atomic E-state index is 12.5. The lowest BCUT2D eigenvalue weighted by Gasteiger charge is -2.14. The number of rotatable bonds is 10. The van der Waals surface area contributed by atoms with Crippen LogP contribution in [0, 0.1) is 0 Å². The van der Waals surface area contributed by atoms with Crippen molar-refractivity contribution in [1.82, 2.24) is 10.6 Å². The molecule has 0 aromatic heterocycles. The molecule has 29 heavy (non-hydrogen) atoms. The van der Waals surface area contributed by atoms with Crippen molar-refractivity contribution in [2.75, 3.05) is 27.3 Å². The number of nitrogens with zero attached hydrogens (tertiary/aromatic N) is 1. The summed E-state index contributed by atoms with van der Waals surface area (Å²) in [6.07, 6.45) is 0.762. The summed E-state index contributed by atoms with van der Waals surface area (Å²) in [5.41, 5.74) is 0.619. The van der Waals surface area contributed by atoms with E-state index in [1.54, 1.807) is 32.4 Å². The molecule has 0 fully saturated rings. The summed E-state index contributed by atoms with van der Waals surface area (Å²) in [6, 6.07) is 14.0. The molecule has 0 heterocycles. The van der Waals surface area contributed by atoms with Crippen LogP contribution in [0.5, 0.6) is 17.2 Å². The van der Waals surface area contributed by atoms with Crippen molar-refractivity contribution in [3.8, 4) is 17.2 Å². The van der Waals surface area contributed by atoms with E-state index in [1.165, 1.54) is 6.07 Å². The third-order valence-electron chi connectivity index (χ3n) is 3.80. The second-order valence-electron chi connectivity index (χ2n) is 5.72. The first-order valence-electron chi connectivity index (χ1n) is 8.86. The number of methoxy groups -OCH3 is 1. The molecule has 2 N–H and O–H groups in total. The van der Waals surface area contributed by atoms with E-state index in [9.17, 15) is 8.78 Å². The highest BCUT2D eigenvalue weighted by Crippen LogP contribution is 2.20. The van der Waals surface area contributed by atoms with Gasteiger partial charge in [-0.15, -0.1) is 24.0 Å². The molecule has 0 aliphatic rings. The highest BCUT2D eigenvalue weighted by Gasteiger charge is 2.09. The second kappa shape index (κ2) is 13.8. The van der Waals surface area contributed by atoms with E-state index >= 15 is 0 Å². The van der Waals surface area contributed by atoms with E-state index < -0.39 is 6.61 Å². The van der Waals surface area contributed by atoms with E-state index in [0.717, 1.165) is 17.9 Å². The van der Waals surface area contributed by atoms with E-state index in [-0.39, 0.29) is 29.7 Å². The summed E-state index contributed by atoms with van der Waals surface area (Å²) >= 11 is 0. The van der Waals surface area contributed by atoms with Crippen molar-refractivity contribution >= 4 is 29.9 Å². The zero-order valence-corrected chi connectivity index (χ0v) is 18.7. The molecule has 2 aromatic carbocycles. The first-order chi connectivity index (χ1) is 13.6. The van der Waals surface area contributed by atoms with Gasteiger partial charge in [-0.25, -0.2) is 0 Å². The van der Waals surface area contributed by atoms with Crippen LogP contribution in [0.2, 0.25) is 0 Å². The van der Waals surface area contributed by atoms with Gasteiger partial charge in [0, 0.05) is 25.7 Å². The summed E-state index contributed by atoms with van der Waals surface area (Å²) in [5, 5.41) is 6.23. The maximum Gasteiger partial charge on any atom is 0.387 e. The zero-order chi connectivity index (χ0) is 20.2. The maximum atomic E-state index is 12.5. The SMILES string of the molecule is CN=C(NCCCOc1ccc(OC)cc1)NCc1ccccc1OC(F)F.I. The monoisotopic (exact) mass is 521 g/mol. The van der Waals surface area contributed by atoms with Crippen LogP contribution in [-0.4, -0.2) is 39.9 Å². The third kappa shape index (κ3) is 9.16. The van der Waals surface area contributed by atoms with E-state index in [4.69, 9.17) is 9.47 Å². The predicted octanol–water partition coefficient (Wildman–Crippen LogP) is 4.05. The van der Waals surface area contributed by atoms with Crippen LogP contribution in [0.15, 0.2) is 53.5 Å². The smallest absolute Gasteiger partial charge is 0.387 e. The Labute approximate surface area is 186 Å². The number of hydrogen-bond donors (Lipinski definition) is 2. The second-order valence-corrected chi connectivity index (χ2v) is 5.72. The molecule has 0 aliphatic heterocycles. The Morgan fingerprint density at radius 1 is 1.03 bits per heavy atom. The van der Waals surface area contributed by atoms with Crippen LogP contribution < -0.4 is 24.8 Å². The van der Waals surface area contributed by atoms with Gasteiger partial charge in [-0.05, 0) is 36.8 Å². The first kappa shape index (κ1) is 24.7. The Morgan fingerprint density at radius 2 is 1.72 bits per heavy atom. The van der Waals surface area contributed by atoms with Crippen molar-refractivity contribution in [2.24, 2.45) is 4.99 Å². The van der Waals surface area contributed by atoms with Gasteiger partial charge in [0.2, 0.25) is 0 Å². The highest BCUT2D eigenvalue weighted by molar-refractivity contribution is 14.0. The number of halogens is 3. The molecule has 0 amide bonds. The molecular formula is C20H26F2IN3O3. The summed E-state index contributed by atoms with van der Waals surface area (Å²) in [7, 11) is 3.26. The molecule has 0 saturated carbocycles. The lowest BCUT2D eigenvalue weighted by atomic mass is 10.2. The molecule has 0 radical (unpaired) electrons.